The summed E-state index contributed by atoms with van der Waals surface area (Å²) >= 11 is 0. The van der Waals surface area contributed by atoms with Gasteiger partial charge < -0.3 is 100 Å². The van der Waals surface area contributed by atoms with Crippen LogP contribution in [0, 0.1) is 29.6 Å². The first-order valence-corrected chi connectivity index (χ1v) is 39.9. The highest BCUT2D eigenvalue weighted by atomic mass is 16.4. The number of aliphatic hydroxyl groups excluding tert-OH is 3. The normalized spacial score (nSPS) is 16.0. The fourth-order valence-electron chi connectivity index (χ4n) is 13.2. The molecule has 1 aromatic heterocycles. The number of fused-ring (bicyclic) bond motifs is 1. The van der Waals surface area contributed by atoms with E-state index in [1.165, 1.54) is 18.7 Å². The minimum Gasteiger partial charge on any atom is -0.480 e. The molecule has 34 heteroatoms. The molecule has 2 heterocycles. The van der Waals surface area contributed by atoms with Gasteiger partial charge in [0, 0.05) is 68.6 Å². The number of aliphatic carboxylic acids is 2. The van der Waals surface area contributed by atoms with E-state index in [0.29, 0.717) is 69.0 Å². The summed E-state index contributed by atoms with van der Waals surface area (Å²) in [6, 6.07) is -0.131. The minimum atomic E-state index is -1.70. The molecule has 636 valence electrons. The zero-order valence-electron chi connectivity index (χ0n) is 67.4. The number of aliphatic hydroxyl groups is 3. The van der Waals surface area contributed by atoms with Gasteiger partial charge >= 0.3 is 11.9 Å². The van der Waals surface area contributed by atoms with Gasteiger partial charge in [-0.2, -0.15) is 0 Å². The molecule has 1 fully saturated rings. The summed E-state index contributed by atoms with van der Waals surface area (Å²) < 4.78 is 0. The zero-order chi connectivity index (χ0) is 85.4. The lowest BCUT2D eigenvalue weighted by Gasteiger charge is -2.30. The summed E-state index contributed by atoms with van der Waals surface area (Å²) in [5, 5.41) is 77.3. The van der Waals surface area contributed by atoms with E-state index in [1.807, 2.05) is 18.2 Å². The number of benzene rings is 2. The van der Waals surface area contributed by atoms with Gasteiger partial charge in [-0.3, -0.25) is 62.3 Å². The lowest BCUT2D eigenvalue weighted by atomic mass is 9.96. The number of carbonyl (C=O) groups excluding carboxylic acids is 13. The van der Waals surface area contributed by atoms with E-state index < -0.39 is 180 Å². The maximum Gasteiger partial charge on any atom is 0.326 e. The molecule has 14 atom stereocenters. The number of primary amides is 2. The number of nitrogens with zero attached hydrogens (tertiary/aromatic N) is 1. The number of para-hydroxylation sites is 1. The molecule has 115 heavy (non-hydrogen) atoms. The maximum absolute atomic E-state index is 14.2. The van der Waals surface area contributed by atoms with Crippen LogP contribution in [-0.2, 0) is 84.8 Å². The first-order valence-electron chi connectivity index (χ1n) is 39.9. The lowest BCUT2D eigenvalue weighted by molar-refractivity contribution is -0.143. The second-order valence-electron chi connectivity index (χ2n) is 30.5. The van der Waals surface area contributed by atoms with E-state index in [4.69, 9.17) is 11.5 Å². The minimum absolute atomic E-state index is 0.0229. The topological polar surface area (TPSA) is 549 Å². The number of aromatic nitrogens is 1. The van der Waals surface area contributed by atoms with Crippen LogP contribution in [-0.4, -0.2) is 216 Å². The lowest BCUT2D eigenvalue weighted by Crippen LogP contribution is -2.62. The van der Waals surface area contributed by atoms with Crippen molar-refractivity contribution in [3.63, 3.8) is 0 Å². The molecular weight excluding hydrogens is 1490 g/mol. The second-order valence-corrected chi connectivity index (χ2v) is 30.5. The van der Waals surface area contributed by atoms with Crippen molar-refractivity contribution in [3.8, 4) is 11.8 Å². The summed E-state index contributed by atoms with van der Waals surface area (Å²) in [4.78, 5) is 204. The molecule has 0 saturated carbocycles. The van der Waals surface area contributed by atoms with Gasteiger partial charge in [0.25, 0.3) is 0 Å². The van der Waals surface area contributed by atoms with E-state index in [0.717, 1.165) is 55.8 Å². The van der Waals surface area contributed by atoms with Crippen molar-refractivity contribution in [2.45, 2.75) is 288 Å². The molecule has 1 aliphatic rings. The van der Waals surface area contributed by atoms with Crippen molar-refractivity contribution in [2.24, 2.45) is 29.2 Å². The summed E-state index contributed by atoms with van der Waals surface area (Å²) in [7, 11) is 0. The Morgan fingerprint density at radius 1 is 0.496 bits per heavy atom. The fraction of sp³-hybridized carbons (Fsp3) is 0.617. The van der Waals surface area contributed by atoms with Gasteiger partial charge in [0.15, 0.2) is 0 Å². The molecule has 4 rings (SSSR count). The summed E-state index contributed by atoms with van der Waals surface area (Å²) in [5.41, 5.74) is 12.9. The summed E-state index contributed by atoms with van der Waals surface area (Å²) in [6.07, 6.45) is 7.35. The van der Waals surface area contributed by atoms with Crippen molar-refractivity contribution < 1.29 is 97.5 Å². The standard InChI is InChI=1S/C81H122N14O20/c1-9-49(6)68(77(109)94-70(51(8)98)79(111)89-58(41-48(4)5)73(105)91-61(81(114)115)43-53-45-84-55-33-28-27-32-54(53)55)92-71(103)56(37-38-64(82)99)86-76(108)63-34-29-39-95(63)67(102)36-26-21-19-17-15-13-11-10-12-14-16-18-20-25-35-66(101)85-62(46-96)75(107)93-69(50(7)97)78(110)88-57(40-47(2)3)72(104)87-59(44-65(83)100)74(106)90-60(80(112)113)42-52-30-23-22-24-31-52/h22-24,27-28,30-33,45,47-51,56-63,68-70,84,96-98H,9,12-21,25-26,29,34-44,46H2,1-8H3,(H2,82,99)(H2,83,100)(H,85,101)(H,86,108)(H,87,104)(H,88,110)(H,89,111)(H,90,106)(H,91,105)(H,92,103)(H,93,107)(H,94,109)(H,112,113)(H,114,115)/t49-,50-,51+,56-,57+,58-,59+,60+,61-,62+,63-,68-,69+,70-/m0/s1. The van der Waals surface area contributed by atoms with E-state index in [1.54, 1.807) is 84.1 Å². The highest BCUT2D eigenvalue weighted by Crippen LogP contribution is 2.23. The molecule has 1 saturated heterocycles. The summed E-state index contributed by atoms with van der Waals surface area (Å²) in [5.74, 6) is -8.12. The average molecular weight is 1610 g/mol. The maximum atomic E-state index is 14.2. The van der Waals surface area contributed by atoms with Gasteiger partial charge in [0.2, 0.25) is 76.8 Å². The Labute approximate surface area is 671 Å². The molecule has 0 unspecified atom stereocenters. The Morgan fingerprint density at radius 3 is 1.48 bits per heavy atom. The number of aromatic amines is 1. The number of nitrogens with one attached hydrogen (secondary N) is 11. The van der Waals surface area contributed by atoms with Gasteiger partial charge in [-0.05, 0) is 107 Å². The van der Waals surface area contributed by atoms with Crippen molar-refractivity contribution in [3.05, 3.63) is 71.9 Å². The number of nitrogens with two attached hydrogens (primary N) is 2. The monoisotopic (exact) mass is 1610 g/mol. The van der Waals surface area contributed by atoms with Gasteiger partial charge in [-0.1, -0.05) is 135 Å². The molecule has 34 nitrogen and oxygen atoms in total. The Morgan fingerprint density at radius 2 is 0.957 bits per heavy atom. The Bertz CT molecular complexity index is 3800. The fourth-order valence-corrected chi connectivity index (χ4v) is 13.2. The Hall–Kier alpha value is -10.5. The number of hydrogen-bond donors (Lipinski definition) is 18. The number of carbonyl (C=O) groups is 15. The predicted octanol–water partition coefficient (Wildman–Crippen LogP) is 1.46. The molecule has 2 aromatic carbocycles. The quantitative estimate of drug-likeness (QED) is 0.0281. The van der Waals surface area contributed by atoms with Crippen LogP contribution in [0.4, 0.5) is 0 Å². The molecule has 0 spiro atoms. The second kappa shape index (κ2) is 50.6. The van der Waals surface area contributed by atoms with Crippen LogP contribution < -0.4 is 64.6 Å². The molecule has 0 aliphatic carbocycles. The van der Waals surface area contributed by atoms with E-state index in [2.05, 4.69) is 70.0 Å². The molecule has 1 aliphatic heterocycles. The van der Waals surface area contributed by atoms with Crippen molar-refractivity contribution in [2.75, 3.05) is 13.2 Å². The Balaban J connectivity index is 1.17. The summed E-state index contributed by atoms with van der Waals surface area (Å²) in [6.45, 7) is 12.3. The number of amides is 13. The largest absolute Gasteiger partial charge is 0.480 e. The SMILES string of the molecule is CC[C@H](C)[C@H](NC(=O)[C@H](CCC(N)=O)NC(=O)[C@@H]1CCCN1C(=O)CCCCCCCC#CCCCCCCCC(=O)N[C@H](CO)C(=O)N[C@@H](C(=O)N[C@H](CC(C)C)C(=O)N[C@H](CC(N)=O)C(=O)N[C@H](Cc1ccccc1)C(=O)O)[C@H](C)O)C(=O)N[C@H](C(=O)N[C@@H](CC(C)C)C(=O)N[C@@H](Cc1c[nH]c2ccccc12)C(=O)O)[C@@H](C)O. The number of hydrogen-bond acceptors (Lipinski definition) is 18. The van der Waals surface area contributed by atoms with Gasteiger partial charge in [0.1, 0.15) is 66.5 Å². The molecule has 0 radical (unpaired) electrons. The zero-order valence-corrected chi connectivity index (χ0v) is 67.4. The molecule has 3 aromatic rings. The molecular formula is C81H122N14O20. The van der Waals surface area contributed by atoms with Crippen LogP contribution in [0.5, 0.6) is 0 Å². The van der Waals surface area contributed by atoms with E-state index in [9.17, 15) is 97.5 Å². The third-order valence-corrected chi connectivity index (χ3v) is 19.8. The van der Waals surface area contributed by atoms with Gasteiger partial charge in [0.05, 0.1) is 25.2 Å². The van der Waals surface area contributed by atoms with Crippen LogP contribution in [0.3, 0.4) is 0 Å². The number of carboxylic acid groups (broad SMARTS) is 2. The van der Waals surface area contributed by atoms with Crippen molar-refractivity contribution in [1.29, 1.82) is 0 Å². The number of carboxylic acids is 2. The van der Waals surface area contributed by atoms with Crippen LogP contribution in [0.2, 0.25) is 0 Å². The highest BCUT2D eigenvalue weighted by Gasteiger charge is 2.41. The number of rotatable bonds is 53. The van der Waals surface area contributed by atoms with Crippen LogP contribution in [0.25, 0.3) is 10.9 Å². The van der Waals surface area contributed by atoms with Crippen molar-refractivity contribution >= 4 is 99.6 Å². The van der Waals surface area contributed by atoms with Crippen molar-refractivity contribution in [1.82, 2.24) is 63.1 Å². The van der Waals surface area contributed by atoms with Gasteiger partial charge in [-0.25, -0.2) is 9.59 Å². The first kappa shape index (κ1) is 96.8. The average Bonchev–Trinajstić information content (AvgIpc) is 1.62. The smallest absolute Gasteiger partial charge is 0.326 e. The Kier molecular flexibility index (Phi) is 42.6. The number of unbranched alkanes of at least 4 members (excludes halogenated alkanes) is 10. The molecule has 0 bridgehead atoms. The van der Waals surface area contributed by atoms with E-state index >= 15 is 0 Å². The highest BCUT2D eigenvalue weighted by molar-refractivity contribution is 6.00. The number of likely N-dealkylation sites (tertiary alicyclic amines) is 1. The van der Waals surface area contributed by atoms with Crippen LogP contribution >= 0.6 is 0 Å². The molecule has 20 N–H and O–H groups in total. The third-order valence-electron chi connectivity index (χ3n) is 19.8. The first-order chi connectivity index (χ1) is 54.5. The van der Waals surface area contributed by atoms with Crippen LogP contribution in [0.15, 0.2) is 60.8 Å². The van der Waals surface area contributed by atoms with Crippen LogP contribution in [0.1, 0.15) is 208 Å². The third kappa shape index (κ3) is 34.6. The molecule has 13 amide bonds. The predicted molar refractivity (Wildman–Crippen MR) is 425 cm³/mol. The van der Waals surface area contributed by atoms with E-state index in [-0.39, 0.29) is 69.1 Å². The van der Waals surface area contributed by atoms with Gasteiger partial charge in [-0.15, -0.1) is 11.8 Å². The number of H-pyrrole nitrogens is 1.